The second-order valence-corrected chi connectivity index (χ2v) is 4.53. The third-order valence-corrected chi connectivity index (χ3v) is 2.82. The van der Waals surface area contributed by atoms with E-state index in [-0.39, 0.29) is 6.04 Å². The molecule has 1 aromatic heterocycles. The minimum Gasteiger partial charge on any atom is -0.345 e. The van der Waals surface area contributed by atoms with Crippen molar-refractivity contribution in [3.8, 4) is 0 Å². The van der Waals surface area contributed by atoms with E-state index < -0.39 is 12.7 Å². The van der Waals surface area contributed by atoms with E-state index >= 15 is 0 Å². The van der Waals surface area contributed by atoms with Crippen molar-refractivity contribution in [2.24, 2.45) is 0 Å². The summed E-state index contributed by atoms with van der Waals surface area (Å²) in [5.41, 5.74) is 0.940. The van der Waals surface area contributed by atoms with Gasteiger partial charge in [0.1, 0.15) is 12.4 Å². The van der Waals surface area contributed by atoms with E-state index in [1.807, 2.05) is 0 Å². The first-order valence-corrected chi connectivity index (χ1v) is 5.92. The van der Waals surface area contributed by atoms with Crippen molar-refractivity contribution in [2.45, 2.75) is 31.6 Å². The van der Waals surface area contributed by atoms with E-state index in [9.17, 15) is 13.2 Å². The van der Waals surface area contributed by atoms with Gasteiger partial charge >= 0.3 is 6.18 Å². The largest absolute Gasteiger partial charge is 0.405 e. The van der Waals surface area contributed by atoms with E-state index in [0.29, 0.717) is 12.4 Å². The second-order valence-electron chi connectivity index (χ2n) is 4.53. The summed E-state index contributed by atoms with van der Waals surface area (Å²) in [6.07, 6.45) is -1.00. The summed E-state index contributed by atoms with van der Waals surface area (Å²) >= 11 is 0. The molecule has 1 aromatic rings. The van der Waals surface area contributed by atoms with Gasteiger partial charge in [-0.25, -0.2) is 4.98 Å². The predicted octanol–water partition coefficient (Wildman–Crippen LogP) is 2.33. The van der Waals surface area contributed by atoms with Crippen molar-refractivity contribution < 1.29 is 13.2 Å². The van der Waals surface area contributed by atoms with Crippen LogP contribution in [0.3, 0.4) is 0 Å². The fourth-order valence-corrected chi connectivity index (χ4v) is 1.91. The zero-order valence-electron chi connectivity index (χ0n) is 10.2. The molecule has 0 unspecified atom stereocenters. The molecule has 0 saturated heterocycles. The van der Waals surface area contributed by atoms with Crippen LogP contribution in [0.2, 0.25) is 0 Å². The maximum absolute atomic E-state index is 12.5. The molecular weight excluding hydrogens is 243 g/mol. The molecule has 0 amide bonds. The first-order valence-electron chi connectivity index (χ1n) is 5.92. The molecule has 1 saturated carbocycles. The van der Waals surface area contributed by atoms with E-state index in [1.54, 1.807) is 25.4 Å². The Kier molecular flexibility index (Phi) is 3.75. The SMILES string of the molecule is CNCc1ccnc(N(CC(F)(F)F)C2CC2)c1. The van der Waals surface area contributed by atoms with E-state index in [4.69, 9.17) is 0 Å². The summed E-state index contributed by atoms with van der Waals surface area (Å²) in [7, 11) is 1.80. The van der Waals surface area contributed by atoms with Crippen LogP contribution in [0.1, 0.15) is 18.4 Å². The minimum absolute atomic E-state index is 0.0102. The normalized spacial score (nSPS) is 15.8. The van der Waals surface area contributed by atoms with Crippen LogP contribution in [0.15, 0.2) is 18.3 Å². The van der Waals surface area contributed by atoms with Gasteiger partial charge < -0.3 is 10.2 Å². The maximum Gasteiger partial charge on any atom is 0.405 e. The molecule has 0 aromatic carbocycles. The van der Waals surface area contributed by atoms with Gasteiger partial charge in [-0.2, -0.15) is 13.2 Å². The van der Waals surface area contributed by atoms with Crippen LogP contribution in [0.25, 0.3) is 0 Å². The molecule has 18 heavy (non-hydrogen) atoms. The lowest BCUT2D eigenvalue weighted by atomic mass is 10.2. The highest BCUT2D eigenvalue weighted by Gasteiger charge is 2.38. The Hall–Kier alpha value is -1.30. The zero-order chi connectivity index (χ0) is 13.2. The summed E-state index contributed by atoms with van der Waals surface area (Å²) in [6, 6.07) is 3.52. The Morgan fingerprint density at radius 1 is 1.44 bits per heavy atom. The number of nitrogens with one attached hydrogen (secondary N) is 1. The molecule has 1 N–H and O–H groups in total. The summed E-state index contributed by atoms with van der Waals surface area (Å²) in [5, 5.41) is 2.97. The van der Waals surface area contributed by atoms with Gasteiger partial charge in [-0.15, -0.1) is 0 Å². The lowest BCUT2D eigenvalue weighted by Gasteiger charge is -2.25. The molecule has 1 aliphatic carbocycles. The third kappa shape index (κ3) is 3.60. The standard InChI is InChI=1S/C12H16F3N3/c1-16-7-9-4-5-17-11(6-9)18(10-2-3-10)8-12(13,14)15/h4-6,10,16H,2-3,7-8H2,1H3. The number of aromatic nitrogens is 1. The third-order valence-electron chi connectivity index (χ3n) is 2.82. The van der Waals surface area contributed by atoms with Crippen molar-refractivity contribution in [3.05, 3.63) is 23.9 Å². The van der Waals surface area contributed by atoms with Crippen molar-refractivity contribution in [1.82, 2.24) is 10.3 Å². The fourth-order valence-electron chi connectivity index (χ4n) is 1.91. The molecule has 100 valence electrons. The molecular formula is C12H16F3N3. The lowest BCUT2D eigenvalue weighted by Crippen LogP contribution is -2.36. The summed E-state index contributed by atoms with van der Waals surface area (Å²) in [4.78, 5) is 5.43. The summed E-state index contributed by atoms with van der Waals surface area (Å²) in [5.74, 6) is 0.419. The number of anilines is 1. The lowest BCUT2D eigenvalue weighted by molar-refractivity contribution is -0.120. The number of rotatable bonds is 5. The highest BCUT2D eigenvalue weighted by Crippen LogP contribution is 2.33. The van der Waals surface area contributed by atoms with Gasteiger partial charge in [0.25, 0.3) is 0 Å². The summed E-state index contributed by atoms with van der Waals surface area (Å²) in [6.45, 7) is -0.298. The molecule has 1 aliphatic rings. The predicted molar refractivity (Wildman–Crippen MR) is 63.4 cm³/mol. The number of nitrogens with zero attached hydrogens (tertiary/aromatic N) is 2. The van der Waals surface area contributed by atoms with Gasteiger partial charge in [-0.1, -0.05) is 0 Å². The quantitative estimate of drug-likeness (QED) is 0.879. The van der Waals surface area contributed by atoms with Crippen molar-refractivity contribution >= 4 is 5.82 Å². The Bertz CT molecular complexity index is 402. The topological polar surface area (TPSA) is 28.2 Å². The molecule has 1 fully saturated rings. The minimum atomic E-state index is -4.19. The van der Waals surface area contributed by atoms with Crippen molar-refractivity contribution in [2.75, 3.05) is 18.5 Å². The Labute approximate surface area is 104 Å². The monoisotopic (exact) mass is 259 g/mol. The van der Waals surface area contributed by atoms with E-state index in [0.717, 1.165) is 18.4 Å². The molecule has 3 nitrogen and oxygen atoms in total. The van der Waals surface area contributed by atoms with Crippen molar-refractivity contribution in [1.29, 1.82) is 0 Å². The van der Waals surface area contributed by atoms with Crippen LogP contribution in [0, 0.1) is 0 Å². The van der Waals surface area contributed by atoms with Crippen molar-refractivity contribution in [3.63, 3.8) is 0 Å². The smallest absolute Gasteiger partial charge is 0.345 e. The molecule has 0 bridgehead atoms. The maximum atomic E-state index is 12.5. The van der Waals surface area contributed by atoms with E-state index in [1.165, 1.54) is 4.90 Å². The average Bonchev–Trinajstić information content (AvgIpc) is 3.09. The number of hydrogen-bond acceptors (Lipinski definition) is 3. The van der Waals surface area contributed by atoms with Gasteiger partial charge in [0.2, 0.25) is 0 Å². The van der Waals surface area contributed by atoms with Crippen LogP contribution in [-0.2, 0) is 6.54 Å². The highest BCUT2D eigenvalue weighted by atomic mass is 19.4. The van der Waals surface area contributed by atoms with Crippen LogP contribution in [0.5, 0.6) is 0 Å². The molecule has 2 rings (SSSR count). The van der Waals surface area contributed by atoms with Crippen LogP contribution < -0.4 is 10.2 Å². The molecule has 1 heterocycles. The molecule has 0 spiro atoms. The average molecular weight is 259 g/mol. The number of alkyl halides is 3. The van der Waals surface area contributed by atoms with Gasteiger partial charge in [0, 0.05) is 18.8 Å². The number of halogens is 3. The molecule has 0 aliphatic heterocycles. The van der Waals surface area contributed by atoms with Crippen LogP contribution in [-0.4, -0.2) is 30.8 Å². The molecule has 6 heteroatoms. The van der Waals surface area contributed by atoms with Crippen LogP contribution >= 0.6 is 0 Å². The first kappa shape index (κ1) is 13.1. The zero-order valence-corrected chi connectivity index (χ0v) is 10.2. The highest BCUT2D eigenvalue weighted by molar-refractivity contribution is 5.44. The van der Waals surface area contributed by atoms with Crippen LogP contribution in [0.4, 0.5) is 19.0 Å². The molecule has 0 radical (unpaired) electrons. The Morgan fingerprint density at radius 2 is 2.17 bits per heavy atom. The van der Waals surface area contributed by atoms with Gasteiger partial charge in [-0.05, 0) is 37.6 Å². The first-order chi connectivity index (χ1) is 8.49. The number of hydrogen-bond donors (Lipinski definition) is 1. The van der Waals surface area contributed by atoms with Gasteiger partial charge in [-0.3, -0.25) is 0 Å². The summed E-state index contributed by atoms with van der Waals surface area (Å²) < 4.78 is 37.6. The second kappa shape index (κ2) is 5.14. The van der Waals surface area contributed by atoms with E-state index in [2.05, 4.69) is 10.3 Å². The number of pyridine rings is 1. The van der Waals surface area contributed by atoms with Gasteiger partial charge in [0.15, 0.2) is 0 Å². The fraction of sp³-hybridized carbons (Fsp3) is 0.583. The Morgan fingerprint density at radius 3 is 2.72 bits per heavy atom. The van der Waals surface area contributed by atoms with Gasteiger partial charge in [0.05, 0.1) is 0 Å². The Balaban J connectivity index is 2.17. The molecule has 0 atom stereocenters.